The van der Waals surface area contributed by atoms with Gasteiger partial charge in [-0.3, -0.25) is 4.79 Å². The molecule has 0 aliphatic heterocycles. The zero-order chi connectivity index (χ0) is 18.0. The number of carbonyl (C=O) groups is 1. The van der Waals surface area contributed by atoms with Gasteiger partial charge in [0.1, 0.15) is 17.4 Å². The van der Waals surface area contributed by atoms with Crippen molar-refractivity contribution in [3.63, 3.8) is 0 Å². The van der Waals surface area contributed by atoms with E-state index in [1.54, 1.807) is 35.9 Å². The molecule has 0 saturated carbocycles. The van der Waals surface area contributed by atoms with E-state index < -0.39 is 11.7 Å². The second-order valence-corrected chi connectivity index (χ2v) is 5.80. The molecular weight excluding hydrogens is 345 g/mol. The molecule has 1 amide bonds. The quantitative estimate of drug-likeness (QED) is 0.758. The van der Waals surface area contributed by atoms with Crippen LogP contribution in [0.3, 0.4) is 0 Å². The van der Waals surface area contributed by atoms with Crippen LogP contribution in [0.15, 0.2) is 48.5 Å². The van der Waals surface area contributed by atoms with Gasteiger partial charge in [0.2, 0.25) is 0 Å². The topological polar surface area (TPSA) is 56.1 Å². The van der Waals surface area contributed by atoms with Crippen LogP contribution >= 0.6 is 11.6 Å². The van der Waals surface area contributed by atoms with Gasteiger partial charge in [-0.25, -0.2) is 9.07 Å². The average Bonchev–Trinajstić information content (AvgIpc) is 2.95. The Hall–Kier alpha value is -2.86. The van der Waals surface area contributed by atoms with Crippen molar-refractivity contribution >= 4 is 23.3 Å². The number of methoxy groups -OCH3 is 1. The highest BCUT2D eigenvalue weighted by Crippen LogP contribution is 2.23. The van der Waals surface area contributed by atoms with Gasteiger partial charge in [-0.15, -0.1) is 0 Å². The van der Waals surface area contributed by atoms with E-state index in [0.29, 0.717) is 22.2 Å². The molecule has 0 spiro atoms. The number of aryl methyl sites for hydroxylation is 1. The van der Waals surface area contributed by atoms with E-state index in [1.165, 1.54) is 19.2 Å². The minimum Gasteiger partial charge on any atom is -0.496 e. The Morgan fingerprint density at radius 2 is 2.04 bits per heavy atom. The summed E-state index contributed by atoms with van der Waals surface area (Å²) < 4.78 is 20.2. The van der Waals surface area contributed by atoms with E-state index in [0.717, 1.165) is 6.07 Å². The van der Waals surface area contributed by atoms with Crippen molar-refractivity contribution in [1.29, 1.82) is 0 Å². The minimum absolute atomic E-state index is 0.0963. The average molecular weight is 360 g/mol. The molecule has 0 bridgehead atoms. The third-order valence-corrected chi connectivity index (χ3v) is 3.77. The van der Waals surface area contributed by atoms with E-state index in [1.807, 2.05) is 6.07 Å². The molecule has 5 nitrogen and oxygen atoms in total. The van der Waals surface area contributed by atoms with Gasteiger partial charge in [-0.2, -0.15) is 5.10 Å². The number of hydrogen-bond acceptors (Lipinski definition) is 3. The summed E-state index contributed by atoms with van der Waals surface area (Å²) in [5.74, 6) is -0.300. The summed E-state index contributed by atoms with van der Waals surface area (Å²) in [6.45, 7) is 1.81. The standard InChI is InChI=1S/C18H15ClFN3O2/c1-11-8-17(23(22-11)14-5-3-4-12(19)9-14)21-18(24)15-10-13(20)6-7-16(15)25-2/h3-10H,1-2H3,(H,21,24). The molecule has 0 aliphatic rings. The number of ether oxygens (including phenoxy) is 1. The third-order valence-electron chi connectivity index (χ3n) is 3.53. The number of carbonyl (C=O) groups excluding carboxylic acids is 1. The molecule has 3 rings (SSSR count). The summed E-state index contributed by atoms with van der Waals surface area (Å²) in [5, 5.41) is 7.66. The van der Waals surface area contributed by atoms with Crippen molar-refractivity contribution in [3.8, 4) is 11.4 Å². The summed E-state index contributed by atoms with van der Waals surface area (Å²) in [4.78, 5) is 12.6. The van der Waals surface area contributed by atoms with Gasteiger partial charge in [0, 0.05) is 11.1 Å². The summed E-state index contributed by atoms with van der Waals surface area (Å²) in [5.41, 5.74) is 1.50. The predicted octanol–water partition coefficient (Wildman–Crippen LogP) is 4.23. The van der Waals surface area contributed by atoms with Crippen molar-refractivity contribution < 1.29 is 13.9 Å². The molecule has 2 aromatic carbocycles. The summed E-state index contributed by atoms with van der Waals surface area (Å²) in [6.07, 6.45) is 0. The molecule has 0 aliphatic carbocycles. The second kappa shape index (κ2) is 6.94. The summed E-state index contributed by atoms with van der Waals surface area (Å²) in [7, 11) is 1.42. The second-order valence-electron chi connectivity index (χ2n) is 5.36. The predicted molar refractivity (Wildman–Crippen MR) is 94.2 cm³/mol. The highest BCUT2D eigenvalue weighted by molar-refractivity contribution is 6.30. The Labute approximate surface area is 149 Å². The maximum absolute atomic E-state index is 13.5. The zero-order valence-electron chi connectivity index (χ0n) is 13.6. The minimum atomic E-state index is -0.523. The SMILES string of the molecule is COc1ccc(F)cc1C(=O)Nc1cc(C)nn1-c1cccc(Cl)c1. The molecule has 0 radical (unpaired) electrons. The molecule has 0 atom stereocenters. The van der Waals surface area contributed by atoms with Crippen molar-refractivity contribution in [2.75, 3.05) is 12.4 Å². The van der Waals surface area contributed by atoms with Crippen LogP contribution in [0.1, 0.15) is 16.1 Å². The van der Waals surface area contributed by atoms with E-state index in [2.05, 4.69) is 10.4 Å². The van der Waals surface area contributed by atoms with Crippen molar-refractivity contribution in [1.82, 2.24) is 9.78 Å². The first-order chi connectivity index (χ1) is 12.0. The lowest BCUT2D eigenvalue weighted by molar-refractivity contribution is 0.102. The molecule has 128 valence electrons. The fourth-order valence-electron chi connectivity index (χ4n) is 2.43. The lowest BCUT2D eigenvalue weighted by atomic mass is 10.2. The first-order valence-electron chi connectivity index (χ1n) is 7.45. The maximum atomic E-state index is 13.5. The van der Waals surface area contributed by atoms with Crippen molar-refractivity contribution in [3.05, 3.63) is 70.6 Å². The Morgan fingerprint density at radius 1 is 1.24 bits per heavy atom. The molecule has 3 aromatic rings. The molecule has 1 heterocycles. The van der Waals surface area contributed by atoms with Crippen LogP contribution in [-0.2, 0) is 0 Å². The Kier molecular flexibility index (Phi) is 4.72. The number of nitrogens with one attached hydrogen (secondary N) is 1. The van der Waals surface area contributed by atoms with Crippen LogP contribution in [0.25, 0.3) is 5.69 Å². The van der Waals surface area contributed by atoms with E-state index in [9.17, 15) is 9.18 Å². The van der Waals surface area contributed by atoms with Crippen LogP contribution in [0.4, 0.5) is 10.2 Å². The lowest BCUT2D eigenvalue weighted by Crippen LogP contribution is -2.16. The Bertz CT molecular complexity index is 940. The van der Waals surface area contributed by atoms with Gasteiger partial charge in [0.05, 0.1) is 24.1 Å². The van der Waals surface area contributed by atoms with E-state index in [-0.39, 0.29) is 11.3 Å². The number of rotatable bonds is 4. The molecule has 1 N–H and O–H groups in total. The molecule has 7 heteroatoms. The normalized spacial score (nSPS) is 10.6. The third kappa shape index (κ3) is 3.64. The summed E-state index contributed by atoms with van der Waals surface area (Å²) in [6, 6.07) is 12.6. The fourth-order valence-corrected chi connectivity index (χ4v) is 2.62. The number of amides is 1. The van der Waals surface area contributed by atoms with Crippen LogP contribution in [0.5, 0.6) is 5.75 Å². The molecule has 1 aromatic heterocycles. The Morgan fingerprint density at radius 3 is 2.76 bits per heavy atom. The first-order valence-corrected chi connectivity index (χ1v) is 7.83. The largest absolute Gasteiger partial charge is 0.496 e. The molecule has 0 fully saturated rings. The van der Waals surface area contributed by atoms with Gasteiger partial charge >= 0.3 is 0 Å². The number of halogens is 2. The van der Waals surface area contributed by atoms with Crippen molar-refractivity contribution in [2.45, 2.75) is 6.92 Å². The fraction of sp³-hybridized carbons (Fsp3) is 0.111. The molecular formula is C18H15ClFN3O2. The van der Waals surface area contributed by atoms with E-state index >= 15 is 0 Å². The monoisotopic (exact) mass is 359 g/mol. The van der Waals surface area contributed by atoms with Gasteiger partial charge < -0.3 is 10.1 Å². The van der Waals surface area contributed by atoms with Gasteiger partial charge in [-0.05, 0) is 43.3 Å². The summed E-state index contributed by atoms with van der Waals surface area (Å²) >= 11 is 6.03. The van der Waals surface area contributed by atoms with Crippen LogP contribution < -0.4 is 10.1 Å². The van der Waals surface area contributed by atoms with Gasteiger partial charge in [0.25, 0.3) is 5.91 Å². The van der Waals surface area contributed by atoms with Crippen LogP contribution in [-0.4, -0.2) is 22.8 Å². The van der Waals surface area contributed by atoms with Crippen molar-refractivity contribution in [2.24, 2.45) is 0 Å². The number of hydrogen-bond donors (Lipinski definition) is 1. The van der Waals surface area contributed by atoms with Gasteiger partial charge in [0.15, 0.2) is 0 Å². The van der Waals surface area contributed by atoms with Crippen LogP contribution in [0.2, 0.25) is 5.02 Å². The van der Waals surface area contributed by atoms with E-state index in [4.69, 9.17) is 16.3 Å². The van der Waals surface area contributed by atoms with Gasteiger partial charge in [-0.1, -0.05) is 17.7 Å². The number of benzene rings is 2. The lowest BCUT2D eigenvalue weighted by Gasteiger charge is -2.11. The molecule has 0 unspecified atom stereocenters. The molecule has 25 heavy (non-hydrogen) atoms. The van der Waals surface area contributed by atoms with Crippen LogP contribution in [0, 0.1) is 12.7 Å². The highest BCUT2D eigenvalue weighted by Gasteiger charge is 2.17. The number of nitrogens with zero attached hydrogens (tertiary/aromatic N) is 2. The maximum Gasteiger partial charge on any atom is 0.260 e. The first kappa shape index (κ1) is 17.0. The number of anilines is 1. The Balaban J connectivity index is 1.97. The molecule has 0 saturated heterocycles. The highest BCUT2D eigenvalue weighted by atomic mass is 35.5. The number of aromatic nitrogens is 2. The zero-order valence-corrected chi connectivity index (χ0v) is 14.3. The smallest absolute Gasteiger partial charge is 0.260 e.